The van der Waals surface area contributed by atoms with Crippen molar-refractivity contribution < 1.29 is 9.21 Å². The number of amides is 1. The lowest BCUT2D eigenvalue weighted by Crippen LogP contribution is -2.32. The number of carbonyl (C=O) groups excluding carboxylic acids is 1. The highest BCUT2D eigenvalue weighted by Gasteiger charge is 2.21. The maximum atomic E-state index is 12.5. The molecule has 3 aromatic heterocycles. The van der Waals surface area contributed by atoms with Gasteiger partial charge in [-0.2, -0.15) is 5.10 Å². The van der Waals surface area contributed by atoms with Crippen LogP contribution in [0.4, 0.5) is 0 Å². The summed E-state index contributed by atoms with van der Waals surface area (Å²) in [6.07, 6.45) is 9.28. The molecule has 7 heteroatoms. The van der Waals surface area contributed by atoms with E-state index in [1.54, 1.807) is 29.4 Å². The molecule has 0 unspecified atom stereocenters. The van der Waals surface area contributed by atoms with Gasteiger partial charge in [0.05, 0.1) is 23.7 Å². The molecule has 3 aromatic rings. The van der Waals surface area contributed by atoms with Gasteiger partial charge in [0.1, 0.15) is 5.69 Å². The van der Waals surface area contributed by atoms with Crippen molar-refractivity contribution in [2.24, 2.45) is 0 Å². The first-order valence-corrected chi connectivity index (χ1v) is 8.45. The third kappa shape index (κ3) is 3.05. The topological polar surface area (TPSA) is 85.8 Å². The van der Waals surface area contributed by atoms with Gasteiger partial charge in [-0.05, 0) is 38.0 Å². The van der Waals surface area contributed by atoms with Gasteiger partial charge in [-0.3, -0.25) is 4.79 Å². The Morgan fingerprint density at radius 1 is 1.32 bits per heavy atom. The minimum atomic E-state index is -0.0853. The Labute approximate surface area is 145 Å². The average molecular weight is 337 g/mol. The van der Waals surface area contributed by atoms with E-state index in [2.05, 4.69) is 20.4 Å². The number of hydrogen-bond donors (Lipinski definition) is 1. The maximum Gasteiger partial charge on any atom is 0.254 e. The Morgan fingerprint density at radius 3 is 2.92 bits per heavy atom. The van der Waals surface area contributed by atoms with Gasteiger partial charge in [0, 0.05) is 12.2 Å². The molecule has 7 nitrogen and oxygen atoms in total. The van der Waals surface area contributed by atoms with Crippen LogP contribution in [0.25, 0.3) is 17.4 Å². The fourth-order valence-electron chi connectivity index (χ4n) is 3.18. The second-order valence-electron chi connectivity index (χ2n) is 6.23. The minimum Gasteiger partial charge on any atom is -0.463 e. The molecule has 4 rings (SSSR count). The fourth-order valence-corrected chi connectivity index (χ4v) is 3.18. The zero-order chi connectivity index (χ0) is 17.2. The molecule has 1 amide bonds. The molecular weight excluding hydrogens is 318 g/mol. The Kier molecular flexibility index (Phi) is 4.05. The van der Waals surface area contributed by atoms with Gasteiger partial charge >= 0.3 is 0 Å². The van der Waals surface area contributed by atoms with Crippen LogP contribution in [0.15, 0.2) is 41.3 Å². The van der Waals surface area contributed by atoms with E-state index in [-0.39, 0.29) is 11.9 Å². The summed E-state index contributed by atoms with van der Waals surface area (Å²) in [5, 5.41) is 7.39. The molecule has 128 valence electrons. The highest BCUT2D eigenvalue weighted by atomic mass is 16.3. The Hall–Kier alpha value is -2.96. The van der Waals surface area contributed by atoms with Crippen molar-refractivity contribution in [3.8, 4) is 17.4 Å². The normalized spacial score (nSPS) is 14.8. The summed E-state index contributed by atoms with van der Waals surface area (Å²) in [7, 11) is 0. The Balaban J connectivity index is 1.60. The number of hydrogen-bond acceptors (Lipinski definition) is 5. The van der Waals surface area contributed by atoms with Crippen LogP contribution in [0.3, 0.4) is 0 Å². The van der Waals surface area contributed by atoms with E-state index in [1.807, 2.05) is 19.1 Å². The lowest BCUT2D eigenvalue weighted by atomic mass is 10.2. The summed E-state index contributed by atoms with van der Waals surface area (Å²) in [5.41, 5.74) is 1.94. The first-order chi connectivity index (χ1) is 12.2. The number of rotatable bonds is 4. The average Bonchev–Trinajstić information content (AvgIpc) is 3.37. The SMILES string of the molecule is Cc1c(C(=O)NC2CCCC2)cnn1-c1nccc(-c2ccco2)n1. The van der Waals surface area contributed by atoms with Crippen molar-refractivity contribution in [2.75, 3.05) is 0 Å². The molecule has 1 aliphatic carbocycles. The van der Waals surface area contributed by atoms with Gasteiger partial charge < -0.3 is 9.73 Å². The highest BCUT2D eigenvalue weighted by molar-refractivity contribution is 5.95. The van der Waals surface area contributed by atoms with Crippen LogP contribution in [0.1, 0.15) is 41.7 Å². The second-order valence-corrected chi connectivity index (χ2v) is 6.23. The summed E-state index contributed by atoms with van der Waals surface area (Å²) in [6, 6.07) is 5.69. The molecule has 0 saturated heterocycles. The first-order valence-electron chi connectivity index (χ1n) is 8.45. The Morgan fingerprint density at radius 2 is 2.16 bits per heavy atom. The molecule has 0 spiro atoms. The van der Waals surface area contributed by atoms with E-state index >= 15 is 0 Å². The summed E-state index contributed by atoms with van der Waals surface area (Å²) in [5.74, 6) is 0.983. The summed E-state index contributed by atoms with van der Waals surface area (Å²) >= 11 is 0. The molecule has 0 aromatic carbocycles. The fraction of sp³-hybridized carbons (Fsp3) is 0.333. The molecular formula is C18H19N5O2. The number of carbonyl (C=O) groups is 1. The van der Waals surface area contributed by atoms with Crippen LogP contribution in [0, 0.1) is 6.92 Å². The van der Waals surface area contributed by atoms with Crippen LogP contribution >= 0.6 is 0 Å². The molecule has 25 heavy (non-hydrogen) atoms. The molecule has 0 atom stereocenters. The van der Waals surface area contributed by atoms with Crippen molar-refractivity contribution in [3.05, 3.63) is 48.1 Å². The monoisotopic (exact) mass is 337 g/mol. The lowest BCUT2D eigenvalue weighted by molar-refractivity contribution is 0.0937. The largest absolute Gasteiger partial charge is 0.463 e. The van der Waals surface area contributed by atoms with E-state index in [0.29, 0.717) is 28.7 Å². The molecule has 1 saturated carbocycles. The van der Waals surface area contributed by atoms with E-state index in [0.717, 1.165) is 12.8 Å². The summed E-state index contributed by atoms with van der Waals surface area (Å²) in [4.78, 5) is 21.3. The quantitative estimate of drug-likeness (QED) is 0.791. The lowest BCUT2D eigenvalue weighted by Gasteiger charge is -2.11. The van der Waals surface area contributed by atoms with Gasteiger partial charge in [-0.25, -0.2) is 14.6 Å². The van der Waals surface area contributed by atoms with Gasteiger partial charge in [-0.1, -0.05) is 12.8 Å². The molecule has 0 radical (unpaired) electrons. The van der Waals surface area contributed by atoms with Crippen LogP contribution in [-0.4, -0.2) is 31.7 Å². The third-order valence-corrected chi connectivity index (χ3v) is 4.55. The van der Waals surface area contributed by atoms with Gasteiger partial charge in [0.15, 0.2) is 5.76 Å². The molecule has 0 aliphatic heterocycles. The van der Waals surface area contributed by atoms with Crippen molar-refractivity contribution >= 4 is 5.91 Å². The molecule has 1 aliphatic rings. The number of furan rings is 1. The number of aromatic nitrogens is 4. The van der Waals surface area contributed by atoms with E-state index in [9.17, 15) is 4.79 Å². The van der Waals surface area contributed by atoms with Crippen LogP contribution in [-0.2, 0) is 0 Å². The van der Waals surface area contributed by atoms with Crippen molar-refractivity contribution in [1.82, 2.24) is 25.1 Å². The van der Waals surface area contributed by atoms with E-state index < -0.39 is 0 Å². The summed E-state index contributed by atoms with van der Waals surface area (Å²) in [6.45, 7) is 1.85. The number of nitrogens with one attached hydrogen (secondary N) is 1. The van der Waals surface area contributed by atoms with Gasteiger partial charge in [-0.15, -0.1) is 0 Å². The first kappa shape index (κ1) is 15.6. The zero-order valence-electron chi connectivity index (χ0n) is 14.0. The standard InChI is InChI=1S/C18H19N5O2/c1-12-14(17(24)21-13-5-2-3-6-13)11-20-23(12)18-19-9-8-15(22-18)16-7-4-10-25-16/h4,7-11,13H,2-3,5-6H2,1H3,(H,21,24). The van der Waals surface area contributed by atoms with Crippen molar-refractivity contribution in [1.29, 1.82) is 0 Å². The number of nitrogens with zero attached hydrogens (tertiary/aromatic N) is 4. The zero-order valence-corrected chi connectivity index (χ0v) is 14.0. The van der Waals surface area contributed by atoms with Gasteiger partial charge in [0.2, 0.25) is 0 Å². The van der Waals surface area contributed by atoms with Crippen LogP contribution in [0.5, 0.6) is 0 Å². The van der Waals surface area contributed by atoms with E-state index in [4.69, 9.17) is 4.42 Å². The molecule has 3 heterocycles. The van der Waals surface area contributed by atoms with Crippen molar-refractivity contribution in [3.63, 3.8) is 0 Å². The third-order valence-electron chi connectivity index (χ3n) is 4.55. The predicted octanol–water partition coefficient (Wildman–Crippen LogP) is 2.90. The Bertz CT molecular complexity index is 879. The molecule has 0 bridgehead atoms. The van der Waals surface area contributed by atoms with Gasteiger partial charge in [0.25, 0.3) is 11.9 Å². The minimum absolute atomic E-state index is 0.0853. The highest BCUT2D eigenvalue weighted by Crippen LogP contribution is 2.20. The molecule has 1 N–H and O–H groups in total. The smallest absolute Gasteiger partial charge is 0.254 e. The molecule has 1 fully saturated rings. The van der Waals surface area contributed by atoms with Crippen molar-refractivity contribution in [2.45, 2.75) is 38.6 Å². The predicted molar refractivity (Wildman–Crippen MR) is 91.3 cm³/mol. The van der Waals surface area contributed by atoms with E-state index in [1.165, 1.54) is 12.8 Å². The summed E-state index contributed by atoms with van der Waals surface area (Å²) < 4.78 is 6.95. The van der Waals surface area contributed by atoms with Crippen LogP contribution < -0.4 is 5.32 Å². The maximum absolute atomic E-state index is 12.5. The van der Waals surface area contributed by atoms with Crippen LogP contribution in [0.2, 0.25) is 0 Å². The second kappa shape index (κ2) is 6.51.